The maximum Gasteiger partial charge on any atom is 0.241 e. The fourth-order valence-corrected chi connectivity index (χ4v) is 5.07. The van der Waals surface area contributed by atoms with E-state index in [4.69, 9.17) is 9.47 Å². The lowest BCUT2D eigenvalue weighted by molar-refractivity contribution is 0.171. The van der Waals surface area contributed by atoms with Gasteiger partial charge in [0, 0.05) is 11.6 Å². The highest BCUT2D eigenvalue weighted by atomic mass is 32.2. The van der Waals surface area contributed by atoms with Crippen LogP contribution in [0.15, 0.2) is 53.4 Å². The summed E-state index contributed by atoms with van der Waals surface area (Å²) in [5.41, 5.74) is 2.29. The van der Waals surface area contributed by atoms with Crippen LogP contribution in [0.3, 0.4) is 0 Å². The molecule has 30 heavy (non-hydrogen) atoms. The van der Waals surface area contributed by atoms with Gasteiger partial charge in [-0.3, -0.25) is 0 Å². The Balaban J connectivity index is 1.48. The van der Waals surface area contributed by atoms with E-state index in [-0.39, 0.29) is 11.4 Å². The summed E-state index contributed by atoms with van der Waals surface area (Å²) < 4.78 is 41.2. The van der Waals surface area contributed by atoms with Gasteiger partial charge in [0.05, 0.1) is 22.8 Å². The second-order valence-electron chi connectivity index (χ2n) is 6.72. The summed E-state index contributed by atoms with van der Waals surface area (Å²) in [5.74, 6) is 0.970. The highest BCUT2D eigenvalue weighted by molar-refractivity contribution is 7.89. The van der Waals surface area contributed by atoms with Crippen LogP contribution in [0, 0.1) is 6.92 Å². The molecular weight excluding hydrogens is 424 g/mol. The first-order valence-electron chi connectivity index (χ1n) is 9.31. The summed E-state index contributed by atoms with van der Waals surface area (Å²) in [7, 11) is -3.78. The van der Waals surface area contributed by atoms with Gasteiger partial charge in [0.15, 0.2) is 11.5 Å². The number of aryl methyl sites for hydroxylation is 1. The largest absolute Gasteiger partial charge is 0.486 e. The molecule has 154 valence electrons. The van der Waals surface area contributed by atoms with Crippen LogP contribution in [0.4, 0.5) is 0 Å². The number of hydrogen-bond acceptors (Lipinski definition) is 7. The number of ether oxygens (including phenoxy) is 2. The molecule has 0 saturated heterocycles. The van der Waals surface area contributed by atoms with E-state index in [1.54, 1.807) is 10.6 Å². The molecule has 0 radical (unpaired) electrons. The SMILES string of the molecule is Cc1nn2c(CNS(=O)(=O)c3ccc4c(c3)OCCO4)c(-c3ccccc3)nc2s1. The Morgan fingerprint density at radius 3 is 2.67 bits per heavy atom. The molecule has 0 amide bonds. The number of fused-ring (bicyclic) bond motifs is 2. The third kappa shape index (κ3) is 3.42. The number of nitrogens with one attached hydrogen (secondary N) is 1. The lowest BCUT2D eigenvalue weighted by Crippen LogP contribution is -2.25. The van der Waals surface area contributed by atoms with Gasteiger partial charge >= 0.3 is 0 Å². The van der Waals surface area contributed by atoms with Gasteiger partial charge in [-0.2, -0.15) is 5.10 Å². The standard InChI is InChI=1S/C20H18N4O4S2/c1-13-23-24-16(19(22-20(24)29-13)14-5-3-2-4-6-14)12-21-30(25,26)15-7-8-17-18(11-15)28-10-9-27-17/h2-8,11,21H,9-10,12H2,1H3. The minimum absolute atomic E-state index is 0.0470. The van der Waals surface area contributed by atoms with Crippen molar-refractivity contribution in [3.8, 4) is 22.8 Å². The van der Waals surface area contributed by atoms with Gasteiger partial charge in [0.1, 0.15) is 18.2 Å². The van der Waals surface area contributed by atoms with Crippen LogP contribution in [0.2, 0.25) is 0 Å². The smallest absolute Gasteiger partial charge is 0.241 e. The predicted octanol–water partition coefficient (Wildman–Crippen LogP) is 3.02. The van der Waals surface area contributed by atoms with Crippen LogP contribution < -0.4 is 14.2 Å². The van der Waals surface area contributed by atoms with E-state index < -0.39 is 10.0 Å². The monoisotopic (exact) mass is 442 g/mol. The fourth-order valence-electron chi connectivity index (χ4n) is 3.31. The summed E-state index contributed by atoms with van der Waals surface area (Å²) in [6.07, 6.45) is 0. The number of nitrogens with zero attached hydrogens (tertiary/aromatic N) is 3. The summed E-state index contributed by atoms with van der Waals surface area (Å²) >= 11 is 1.46. The third-order valence-electron chi connectivity index (χ3n) is 4.70. The van der Waals surface area contributed by atoms with Gasteiger partial charge in [0.2, 0.25) is 15.0 Å². The molecule has 10 heteroatoms. The quantitative estimate of drug-likeness (QED) is 0.511. The van der Waals surface area contributed by atoms with Crippen molar-refractivity contribution in [2.75, 3.05) is 13.2 Å². The Kier molecular flexibility index (Phi) is 4.69. The maximum atomic E-state index is 12.9. The van der Waals surface area contributed by atoms with Crippen molar-refractivity contribution in [3.63, 3.8) is 0 Å². The molecule has 0 atom stereocenters. The number of imidazole rings is 1. The Hall–Kier alpha value is -2.95. The molecule has 1 N–H and O–H groups in total. The number of sulfonamides is 1. The van der Waals surface area contributed by atoms with Gasteiger partial charge in [-0.05, 0) is 19.1 Å². The number of benzene rings is 2. The van der Waals surface area contributed by atoms with Crippen LogP contribution in [-0.2, 0) is 16.6 Å². The molecule has 4 aromatic rings. The topological polar surface area (TPSA) is 94.8 Å². The molecule has 1 aliphatic heterocycles. The average Bonchev–Trinajstić information content (AvgIpc) is 3.28. The van der Waals surface area contributed by atoms with E-state index >= 15 is 0 Å². The number of aromatic nitrogens is 3. The van der Waals surface area contributed by atoms with Crippen molar-refractivity contribution < 1.29 is 17.9 Å². The highest BCUT2D eigenvalue weighted by Crippen LogP contribution is 2.32. The van der Waals surface area contributed by atoms with Crippen molar-refractivity contribution in [3.05, 3.63) is 59.2 Å². The van der Waals surface area contributed by atoms with E-state index in [1.165, 1.54) is 23.5 Å². The zero-order chi connectivity index (χ0) is 20.7. The Labute approximate surface area is 177 Å². The van der Waals surface area contributed by atoms with Crippen LogP contribution >= 0.6 is 11.3 Å². The maximum absolute atomic E-state index is 12.9. The molecule has 0 spiro atoms. The van der Waals surface area contributed by atoms with Gasteiger partial charge in [0.25, 0.3) is 0 Å². The van der Waals surface area contributed by atoms with Crippen LogP contribution in [-0.4, -0.2) is 36.2 Å². The first-order valence-corrected chi connectivity index (χ1v) is 11.6. The van der Waals surface area contributed by atoms with Crippen molar-refractivity contribution >= 4 is 26.3 Å². The van der Waals surface area contributed by atoms with Crippen LogP contribution in [0.25, 0.3) is 16.2 Å². The van der Waals surface area contributed by atoms with Crippen molar-refractivity contribution in [1.29, 1.82) is 0 Å². The van der Waals surface area contributed by atoms with Crippen LogP contribution in [0.5, 0.6) is 11.5 Å². The van der Waals surface area contributed by atoms with E-state index in [2.05, 4.69) is 14.8 Å². The normalized spacial score (nSPS) is 13.6. The van der Waals surface area contributed by atoms with E-state index in [0.29, 0.717) is 36.1 Å². The van der Waals surface area contributed by atoms with E-state index in [0.717, 1.165) is 15.5 Å². The molecule has 0 bridgehead atoms. The summed E-state index contributed by atoms with van der Waals surface area (Å²) in [4.78, 5) is 5.52. The second-order valence-corrected chi connectivity index (χ2v) is 9.65. The fraction of sp³-hybridized carbons (Fsp3) is 0.200. The molecule has 0 unspecified atom stereocenters. The Morgan fingerprint density at radius 2 is 1.87 bits per heavy atom. The van der Waals surface area contributed by atoms with E-state index in [9.17, 15) is 8.42 Å². The first kappa shape index (κ1) is 19.0. The molecule has 5 rings (SSSR count). The third-order valence-corrected chi connectivity index (χ3v) is 6.92. The molecule has 8 nitrogen and oxygen atoms in total. The van der Waals surface area contributed by atoms with Crippen LogP contribution in [0.1, 0.15) is 10.7 Å². The molecule has 3 heterocycles. The van der Waals surface area contributed by atoms with Crippen molar-refractivity contribution in [2.45, 2.75) is 18.4 Å². The van der Waals surface area contributed by atoms with Gasteiger partial charge < -0.3 is 9.47 Å². The lowest BCUT2D eigenvalue weighted by Gasteiger charge is -2.19. The zero-order valence-corrected chi connectivity index (χ0v) is 17.7. The van der Waals surface area contributed by atoms with Gasteiger partial charge in [-0.15, -0.1) is 0 Å². The van der Waals surface area contributed by atoms with Gasteiger partial charge in [-0.1, -0.05) is 41.7 Å². The molecule has 1 aliphatic rings. The summed E-state index contributed by atoms with van der Waals surface area (Å²) in [6.45, 7) is 2.78. The minimum Gasteiger partial charge on any atom is -0.486 e. The van der Waals surface area contributed by atoms with Crippen molar-refractivity contribution in [1.82, 2.24) is 19.3 Å². The summed E-state index contributed by atoms with van der Waals surface area (Å²) in [6, 6.07) is 14.3. The van der Waals surface area contributed by atoms with Crippen molar-refractivity contribution in [2.24, 2.45) is 0 Å². The molecule has 0 aliphatic carbocycles. The molecule has 0 saturated carbocycles. The highest BCUT2D eigenvalue weighted by Gasteiger charge is 2.22. The van der Waals surface area contributed by atoms with E-state index in [1.807, 2.05) is 37.3 Å². The Morgan fingerprint density at radius 1 is 1.10 bits per heavy atom. The average molecular weight is 443 g/mol. The second kappa shape index (κ2) is 7.38. The minimum atomic E-state index is -3.78. The molecule has 0 fully saturated rings. The zero-order valence-electron chi connectivity index (χ0n) is 16.0. The lowest BCUT2D eigenvalue weighted by atomic mass is 10.1. The number of hydrogen-bond donors (Lipinski definition) is 1. The molecule has 2 aromatic carbocycles. The molecule has 2 aromatic heterocycles. The Bertz CT molecular complexity index is 1330. The number of rotatable bonds is 5. The van der Waals surface area contributed by atoms with Gasteiger partial charge in [-0.25, -0.2) is 22.6 Å². The first-order chi connectivity index (χ1) is 14.5. The molecular formula is C20H18N4O4S2. The predicted molar refractivity (Wildman–Crippen MR) is 112 cm³/mol. The summed E-state index contributed by atoms with van der Waals surface area (Å²) in [5, 5.41) is 5.35.